The first-order chi connectivity index (χ1) is 16.5. The van der Waals surface area contributed by atoms with Gasteiger partial charge < -0.3 is 9.47 Å². The van der Waals surface area contributed by atoms with Gasteiger partial charge in [0.05, 0.1) is 0 Å². The summed E-state index contributed by atoms with van der Waals surface area (Å²) in [5.74, 6) is 0.727. The van der Waals surface area contributed by atoms with Crippen molar-refractivity contribution in [2.45, 2.75) is 117 Å². The first-order valence-corrected chi connectivity index (χ1v) is 13.8. The first kappa shape index (κ1) is 26.2. The second kappa shape index (κ2) is 9.52. The molecule has 0 N–H and O–H groups in total. The van der Waals surface area contributed by atoms with Gasteiger partial charge in [-0.25, -0.2) is 0 Å². The van der Waals surface area contributed by atoms with E-state index in [-0.39, 0.29) is 34.7 Å². The molecular formula is C30H44O5. The van der Waals surface area contributed by atoms with Gasteiger partial charge in [0.2, 0.25) is 0 Å². The van der Waals surface area contributed by atoms with E-state index >= 15 is 0 Å². The van der Waals surface area contributed by atoms with Crippen molar-refractivity contribution in [1.29, 1.82) is 0 Å². The fourth-order valence-electron chi connectivity index (χ4n) is 8.44. The highest BCUT2D eigenvalue weighted by Crippen LogP contribution is 2.68. The van der Waals surface area contributed by atoms with E-state index in [1.54, 1.807) is 6.92 Å². The Morgan fingerprint density at radius 1 is 0.971 bits per heavy atom. The average Bonchev–Trinajstić information content (AvgIpc) is 3.08. The normalized spacial score (nSPS) is 39.9. The average molecular weight is 485 g/mol. The molecule has 4 aliphatic carbocycles. The van der Waals surface area contributed by atoms with Crippen LogP contribution in [0.3, 0.4) is 0 Å². The second-order valence-electron chi connectivity index (χ2n) is 12.1. The molecule has 5 heteroatoms. The van der Waals surface area contributed by atoms with Gasteiger partial charge in [0.1, 0.15) is 6.10 Å². The molecule has 0 amide bonds. The predicted molar refractivity (Wildman–Crippen MR) is 135 cm³/mol. The molecular weight excluding hydrogens is 440 g/mol. The zero-order valence-electron chi connectivity index (χ0n) is 22.6. The number of fused-ring (bicyclic) bond motifs is 5. The number of rotatable bonds is 7. The van der Waals surface area contributed by atoms with Crippen molar-refractivity contribution >= 4 is 17.7 Å². The van der Waals surface area contributed by atoms with Crippen LogP contribution in [0.15, 0.2) is 23.3 Å². The molecule has 0 aliphatic heterocycles. The highest BCUT2D eigenvalue weighted by Gasteiger charge is 2.67. The highest BCUT2D eigenvalue weighted by atomic mass is 16.6. The van der Waals surface area contributed by atoms with Gasteiger partial charge in [-0.1, -0.05) is 45.3 Å². The van der Waals surface area contributed by atoms with Crippen molar-refractivity contribution in [3.05, 3.63) is 23.3 Å². The number of carbonyl (C=O) groups is 3. The van der Waals surface area contributed by atoms with Gasteiger partial charge in [0, 0.05) is 18.8 Å². The first-order valence-electron chi connectivity index (χ1n) is 13.8. The van der Waals surface area contributed by atoms with Gasteiger partial charge in [-0.2, -0.15) is 0 Å². The summed E-state index contributed by atoms with van der Waals surface area (Å²) in [5, 5.41) is 0. The number of ketones is 1. The molecule has 35 heavy (non-hydrogen) atoms. The molecule has 0 radical (unpaired) electrons. The standard InChI is InChI=1S/C30H44O5/c1-7-8-9-10-27(33)35-30(20(3)31)16-13-25-23-17-19(2)26-18-22(34-21(4)32)11-14-28(26,5)24(23)12-15-29(25,30)6/h17-18,22-25H,7-16H2,1-6H3/t22-,23+,24+,25-,28-,29+,30+/m1/s1. The summed E-state index contributed by atoms with van der Waals surface area (Å²) in [6, 6.07) is 0. The summed E-state index contributed by atoms with van der Waals surface area (Å²) in [4.78, 5) is 37.6. The van der Waals surface area contributed by atoms with Crippen LogP contribution in [0.4, 0.5) is 0 Å². The van der Waals surface area contributed by atoms with Gasteiger partial charge in [0.25, 0.3) is 0 Å². The molecule has 0 aromatic carbocycles. The Hall–Kier alpha value is -1.91. The van der Waals surface area contributed by atoms with Crippen LogP contribution >= 0.6 is 0 Å². The second-order valence-corrected chi connectivity index (χ2v) is 12.1. The molecule has 0 unspecified atom stereocenters. The van der Waals surface area contributed by atoms with Gasteiger partial charge in [0.15, 0.2) is 11.4 Å². The molecule has 4 rings (SSSR count). The number of allylic oxidation sites excluding steroid dienone is 3. The van der Waals surface area contributed by atoms with Crippen LogP contribution in [0.2, 0.25) is 0 Å². The molecule has 194 valence electrons. The summed E-state index contributed by atoms with van der Waals surface area (Å²) in [7, 11) is 0. The number of carbonyl (C=O) groups excluding carboxylic acids is 3. The fourth-order valence-corrected chi connectivity index (χ4v) is 8.44. The minimum Gasteiger partial charge on any atom is -0.458 e. The quantitative estimate of drug-likeness (QED) is 0.305. The molecule has 0 heterocycles. The maximum Gasteiger partial charge on any atom is 0.306 e. The zero-order chi connectivity index (χ0) is 25.6. The number of hydrogen-bond donors (Lipinski definition) is 0. The van der Waals surface area contributed by atoms with Crippen molar-refractivity contribution in [3.63, 3.8) is 0 Å². The number of esters is 2. The summed E-state index contributed by atoms with van der Waals surface area (Å²) < 4.78 is 11.8. The van der Waals surface area contributed by atoms with E-state index in [1.165, 1.54) is 18.1 Å². The van der Waals surface area contributed by atoms with Gasteiger partial charge in [-0.3, -0.25) is 14.4 Å². The molecule has 2 fully saturated rings. The van der Waals surface area contributed by atoms with E-state index in [4.69, 9.17) is 9.47 Å². The lowest BCUT2D eigenvalue weighted by Gasteiger charge is -2.58. The van der Waals surface area contributed by atoms with Crippen LogP contribution in [-0.4, -0.2) is 29.4 Å². The van der Waals surface area contributed by atoms with Crippen LogP contribution in [-0.2, 0) is 23.9 Å². The van der Waals surface area contributed by atoms with E-state index in [1.807, 2.05) is 0 Å². The van der Waals surface area contributed by atoms with E-state index in [9.17, 15) is 14.4 Å². The van der Waals surface area contributed by atoms with Gasteiger partial charge in [-0.05, 0) is 93.6 Å². The van der Waals surface area contributed by atoms with Crippen LogP contribution in [0.1, 0.15) is 106 Å². The Balaban J connectivity index is 1.64. The van der Waals surface area contributed by atoms with Crippen molar-refractivity contribution in [2.75, 3.05) is 0 Å². The summed E-state index contributed by atoms with van der Waals surface area (Å²) >= 11 is 0. The van der Waals surface area contributed by atoms with Crippen molar-refractivity contribution in [1.82, 2.24) is 0 Å². The molecule has 0 aromatic rings. The highest BCUT2D eigenvalue weighted by molar-refractivity contribution is 5.89. The van der Waals surface area contributed by atoms with E-state index in [0.717, 1.165) is 51.4 Å². The van der Waals surface area contributed by atoms with Crippen molar-refractivity contribution in [2.24, 2.45) is 28.6 Å². The number of ether oxygens (including phenoxy) is 2. The predicted octanol–water partition coefficient (Wildman–Crippen LogP) is 6.50. The van der Waals surface area contributed by atoms with E-state index < -0.39 is 5.60 Å². The third-order valence-electron chi connectivity index (χ3n) is 10.2. The topological polar surface area (TPSA) is 69.7 Å². The maximum atomic E-state index is 13.2. The fraction of sp³-hybridized carbons (Fsp3) is 0.767. The lowest BCUT2D eigenvalue weighted by molar-refractivity contribution is -0.187. The lowest BCUT2D eigenvalue weighted by atomic mass is 9.47. The van der Waals surface area contributed by atoms with Crippen molar-refractivity contribution in [3.8, 4) is 0 Å². The molecule has 0 bridgehead atoms. The van der Waals surface area contributed by atoms with Crippen LogP contribution in [0.25, 0.3) is 0 Å². The molecule has 2 saturated carbocycles. The number of hydrogen-bond acceptors (Lipinski definition) is 5. The van der Waals surface area contributed by atoms with Crippen LogP contribution < -0.4 is 0 Å². The summed E-state index contributed by atoms with van der Waals surface area (Å²) in [6.45, 7) is 12.0. The third kappa shape index (κ3) is 4.21. The molecule has 5 nitrogen and oxygen atoms in total. The Morgan fingerprint density at radius 2 is 1.69 bits per heavy atom. The van der Waals surface area contributed by atoms with Crippen LogP contribution in [0.5, 0.6) is 0 Å². The summed E-state index contributed by atoms with van der Waals surface area (Å²) in [5.41, 5.74) is 1.30. The van der Waals surface area contributed by atoms with Crippen LogP contribution in [0, 0.1) is 28.6 Å². The van der Waals surface area contributed by atoms with E-state index in [2.05, 4.69) is 39.8 Å². The Morgan fingerprint density at radius 3 is 2.34 bits per heavy atom. The smallest absolute Gasteiger partial charge is 0.306 e. The molecule has 4 aliphatic rings. The minimum absolute atomic E-state index is 0.00925. The molecule has 0 spiro atoms. The van der Waals surface area contributed by atoms with E-state index in [0.29, 0.717) is 30.6 Å². The largest absolute Gasteiger partial charge is 0.458 e. The van der Waals surface area contributed by atoms with Gasteiger partial charge >= 0.3 is 11.9 Å². The third-order valence-corrected chi connectivity index (χ3v) is 10.2. The molecule has 7 atom stereocenters. The maximum absolute atomic E-state index is 13.2. The monoisotopic (exact) mass is 484 g/mol. The SMILES string of the molecule is CCCCCC(=O)O[C@]1(C(C)=O)CC[C@@H]2[C@H]3C=C(C)C4=C[C@H](OC(C)=O)CC[C@]4(C)[C@H]3CC[C@@]21C. The Labute approximate surface area is 211 Å². The summed E-state index contributed by atoms with van der Waals surface area (Å²) in [6.07, 6.45) is 13.0. The minimum atomic E-state index is -1.00. The molecule has 0 aromatic heterocycles. The lowest BCUT2D eigenvalue weighted by Crippen LogP contribution is -2.58. The Bertz CT molecular complexity index is 946. The zero-order valence-corrected chi connectivity index (χ0v) is 22.6. The van der Waals surface area contributed by atoms with Gasteiger partial charge in [-0.15, -0.1) is 0 Å². The van der Waals surface area contributed by atoms with Crippen molar-refractivity contribution < 1.29 is 23.9 Å². The number of Topliss-reactive ketones (excluding diaryl/α,β-unsaturated/α-hetero) is 1. The number of unbranched alkanes of at least 4 members (excludes halogenated alkanes) is 2. The Kier molecular flexibility index (Phi) is 7.11. The molecule has 0 saturated heterocycles.